The quantitative estimate of drug-likeness (QED) is 0.0320. The standard InChI is InChI=1S/C79H155NO5/c1-3-5-7-9-11-13-15-17-19-21-41-45-49-53-57-61-65-69-73-79(84)85-74-70-66-62-58-54-50-46-42-38-36-34-32-30-28-26-24-22-23-25-27-29-31-33-35-37-40-44-48-52-56-60-64-68-72-78(83)80-76(75-81)77(82)71-67-63-59-55-51-47-43-39-20-18-16-14-12-10-8-6-4-2/h19,21,76-77,81-82H,3-18,20,22-75H2,1-2H3,(H,80,83)/b21-19-. The molecule has 0 fully saturated rings. The molecule has 0 aliphatic rings. The number of amides is 1. The number of ether oxygens (including phenoxy) is 1. The highest BCUT2D eigenvalue weighted by Crippen LogP contribution is 2.20. The Balaban J connectivity index is 3.30. The maximum atomic E-state index is 12.5. The second kappa shape index (κ2) is 75.1. The van der Waals surface area contributed by atoms with Crippen LogP contribution in [0.5, 0.6) is 0 Å². The van der Waals surface area contributed by atoms with Gasteiger partial charge in [0.15, 0.2) is 0 Å². The lowest BCUT2D eigenvalue weighted by Crippen LogP contribution is -2.45. The molecule has 0 bridgehead atoms. The van der Waals surface area contributed by atoms with Crippen molar-refractivity contribution in [2.75, 3.05) is 13.2 Å². The molecular weight excluding hydrogens is 1040 g/mol. The van der Waals surface area contributed by atoms with Crippen LogP contribution in [-0.4, -0.2) is 47.4 Å². The molecule has 85 heavy (non-hydrogen) atoms. The van der Waals surface area contributed by atoms with E-state index in [1.807, 2.05) is 0 Å². The van der Waals surface area contributed by atoms with E-state index in [-0.39, 0.29) is 18.5 Å². The van der Waals surface area contributed by atoms with E-state index in [0.717, 1.165) is 38.5 Å². The van der Waals surface area contributed by atoms with Gasteiger partial charge in [0.1, 0.15) is 0 Å². The van der Waals surface area contributed by atoms with E-state index in [9.17, 15) is 19.8 Å². The molecule has 0 aromatic rings. The van der Waals surface area contributed by atoms with E-state index in [4.69, 9.17) is 4.74 Å². The summed E-state index contributed by atoms with van der Waals surface area (Å²) in [6, 6.07) is -0.537. The van der Waals surface area contributed by atoms with Crippen molar-refractivity contribution in [1.82, 2.24) is 5.32 Å². The predicted octanol–water partition coefficient (Wildman–Crippen LogP) is 25.9. The van der Waals surface area contributed by atoms with E-state index in [2.05, 4.69) is 31.3 Å². The SMILES string of the molecule is CCCCCCCCC/C=C\CCCCCCCCCC(=O)OCCCCCCCCCCCCCCCCCCCCCCCCCCCCCCCCCCCC(=O)NC(CO)C(O)CCCCCCCCCCCCCCCCCCC. The molecule has 3 N–H and O–H groups in total. The maximum absolute atomic E-state index is 12.5. The van der Waals surface area contributed by atoms with E-state index in [1.54, 1.807) is 0 Å². The molecule has 0 aliphatic heterocycles. The molecule has 0 spiro atoms. The molecule has 2 atom stereocenters. The molecule has 6 heteroatoms. The van der Waals surface area contributed by atoms with Gasteiger partial charge in [-0.05, 0) is 51.4 Å². The van der Waals surface area contributed by atoms with Crippen LogP contribution in [0.2, 0.25) is 0 Å². The molecular formula is C79H155NO5. The zero-order valence-electron chi connectivity index (χ0n) is 58.1. The summed E-state index contributed by atoms with van der Waals surface area (Å²) in [6.07, 6.45) is 94.5. The number of hydrogen-bond acceptors (Lipinski definition) is 5. The van der Waals surface area contributed by atoms with Crippen LogP contribution >= 0.6 is 0 Å². The third kappa shape index (κ3) is 71.6. The molecule has 2 unspecified atom stereocenters. The number of esters is 1. The van der Waals surface area contributed by atoms with Gasteiger partial charge in [0, 0.05) is 12.8 Å². The Morgan fingerprint density at radius 3 is 0.835 bits per heavy atom. The molecule has 0 saturated heterocycles. The minimum atomic E-state index is -0.661. The van der Waals surface area contributed by atoms with Crippen molar-refractivity contribution in [2.24, 2.45) is 0 Å². The number of hydrogen-bond donors (Lipinski definition) is 3. The molecule has 0 aromatic heterocycles. The Morgan fingerprint density at radius 1 is 0.318 bits per heavy atom. The summed E-state index contributed by atoms with van der Waals surface area (Å²) in [6.45, 7) is 5.00. The van der Waals surface area contributed by atoms with Gasteiger partial charge in [-0.3, -0.25) is 9.59 Å². The zero-order valence-corrected chi connectivity index (χ0v) is 58.1. The van der Waals surface area contributed by atoms with Crippen molar-refractivity contribution < 1.29 is 24.5 Å². The van der Waals surface area contributed by atoms with Crippen LogP contribution in [0, 0.1) is 0 Å². The van der Waals surface area contributed by atoms with Crippen molar-refractivity contribution in [3.05, 3.63) is 12.2 Å². The van der Waals surface area contributed by atoms with Gasteiger partial charge in [0.25, 0.3) is 0 Å². The van der Waals surface area contributed by atoms with Crippen molar-refractivity contribution in [3.63, 3.8) is 0 Å². The van der Waals surface area contributed by atoms with Crippen molar-refractivity contribution >= 4 is 11.9 Å². The van der Waals surface area contributed by atoms with Crippen molar-refractivity contribution in [3.8, 4) is 0 Å². The first kappa shape index (κ1) is 83.6. The first-order chi connectivity index (χ1) is 42.0. The first-order valence-corrected chi connectivity index (χ1v) is 39.4. The Bertz CT molecular complexity index is 1290. The van der Waals surface area contributed by atoms with Crippen LogP contribution < -0.4 is 5.32 Å². The van der Waals surface area contributed by atoms with Crippen LogP contribution in [0.25, 0.3) is 0 Å². The number of unbranched alkanes of at least 4 members (excludes halogenated alkanes) is 62. The Kier molecular flexibility index (Phi) is 73.8. The van der Waals surface area contributed by atoms with Gasteiger partial charge < -0.3 is 20.3 Å². The number of aliphatic hydroxyl groups excluding tert-OH is 2. The second-order valence-electron chi connectivity index (χ2n) is 27.4. The summed E-state index contributed by atoms with van der Waals surface area (Å²) in [5.74, 6) is -0.00551. The normalized spacial score (nSPS) is 12.5. The van der Waals surface area contributed by atoms with Gasteiger partial charge in [0.2, 0.25) is 5.91 Å². The Hall–Kier alpha value is -1.40. The first-order valence-electron chi connectivity index (χ1n) is 39.4. The van der Waals surface area contributed by atoms with Crippen LogP contribution in [-0.2, 0) is 14.3 Å². The topological polar surface area (TPSA) is 95.9 Å². The molecule has 506 valence electrons. The molecule has 1 amide bonds. The number of aliphatic hydroxyl groups is 2. The van der Waals surface area contributed by atoms with E-state index >= 15 is 0 Å². The molecule has 0 aromatic carbocycles. The summed E-state index contributed by atoms with van der Waals surface area (Å²) in [5.41, 5.74) is 0. The number of carbonyl (C=O) groups is 2. The summed E-state index contributed by atoms with van der Waals surface area (Å²) >= 11 is 0. The summed E-state index contributed by atoms with van der Waals surface area (Å²) in [4.78, 5) is 24.7. The monoisotopic (exact) mass is 1200 g/mol. The van der Waals surface area contributed by atoms with Gasteiger partial charge in [-0.15, -0.1) is 0 Å². The van der Waals surface area contributed by atoms with Crippen LogP contribution in [0.4, 0.5) is 0 Å². The van der Waals surface area contributed by atoms with Crippen LogP contribution in [0.1, 0.15) is 457 Å². The summed E-state index contributed by atoms with van der Waals surface area (Å²) in [7, 11) is 0. The van der Waals surface area contributed by atoms with E-state index in [1.165, 1.54) is 385 Å². The number of nitrogens with one attached hydrogen (secondary N) is 1. The minimum Gasteiger partial charge on any atom is -0.466 e. The average Bonchev–Trinajstić information content (AvgIpc) is 3.50. The van der Waals surface area contributed by atoms with Crippen molar-refractivity contribution in [2.45, 2.75) is 469 Å². The van der Waals surface area contributed by atoms with Gasteiger partial charge >= 0.3 is 5.97 Å². The molecule has 0 radical (unpaired) electrons. The molecule has 0 heterocycles. The lowest BCUT2D eigenvalue weighted by Gasteiger charge is -2.22. The third-order valence-electron chi connectivity index (χ3n) is 18.8. The molecule has 0 saturated carbocycles. The minimum absolute atomic E-state index is 0.0200. The fourth-order valence-corrected chi connectivity index (χ4v) is 12.8. The van der Waals surface area contributed by atoms with Gasteiger partial charge in [0.05, 0.1) is 25.4 Å². The fourth-order valence-electron chi connectivity index (χ4n) is 12.8. The fraction of sp³-hybridized carbons (Fsp3) is 0.949. The third-order valence-corrected chi connectivity index (χ3v) is 18.8. The summed E-state index contributed by atoms with van der Waals surface area (Å²) in [5, 5.41) is 23.4. The highest BCUT2D eigenvalue weighted by atomic mass is 16.5. The lowest BCUT2D eigenvalue weighted by molar-refractivity contribution is -0.143. The van der Waals surface area contributed by atoms with Gasteiger partial charge in [-0.2, -0.15) is 0 Å². The average molecular weight is 1200 g/mol. The highest BCUT2D eigenvalue weighted by Gasteiger charge is 2.20. The Morgan fingerprint density at radius 2 is 0.553 bits per heavy atom. The Labute approximate surface area is 533 Å². The number of rotatable bonds is 75. The molecule has 0 rings (SSSR count). The van der Waals surface area contributed by atoms with Crippen molar-refractivity contribution in [1.29, 1.82) is 0 Å². The second-order valence-corrected chi connectivity index (χ2v) is 27.4. The largest absolute Gasteiger partial charge is 0.466 e. The molecule has 6 nitrogen and oxygen atoms in total. The van der Waals surface area contributed by atoms with Gasteiger partial charge in [-0.25, -0.2) is 0 Å². The van der Waals surface area contributed by atoms with Gasteiger partial charge in [-0.1, -0.05) is 405 Å². The van der Waals surface area contributed by atoms with Crippen LogP contribution in [0.3, 0.4) is 0 Å². The predicted molar refractivity (Wildman–Crippen MR) is 375 cm³/mol. The number of allylic oxidation sites excluding steroid dienone is 2. The maximum Gasteiger partial charge on any atom is 0.305 e. The van der Waals surface area contributed by atoms with Crippen LogP contribution in [0.15, 0.2) is 12.2 Å². The molecule has 0 aliphatic carbocycles. The summed E-state index contributed by atoms with van der Waals surface area (Å²) < 4.78 is 5.51. The number of carbonyl (C=O) groups excluding carboxylic acids is 2. The highest BCUT2D eigenvalue weighted by molar-refractivity contribution is 5.76. The van der Waals surface area contributed by atoms with E-state index in [0.29, 0.717) is 25.9 Å². The zero-order chi connectivity index (χ0) is 61.3. The van der Waals surface area contributed by atoms with E-state index < -0.39 is 12.1 Å². The lowest BCUT2D eigenvalue weighted by atomic mass is 10.0. The smallest absolute Gasteiger partial charge is 0.305 e.